The number of hydrogen-bond acceptors (Lipinski definition) is 7. The molecule has 0 spiro atoms. The third kappa shape index (κ3) is 7.69. The predicted molar refractivity (Wildman–Crippen MR) is 171 cm³/mol. The van der Waals surface area contributed by atoms with Gasteiger partial charge in [0.25, 0.3) is 17.4 Å². The Morgan fingerprint density at radius 1 is 0.911 bits per heavy atom. The van der Waals surface area contributed by atoms with Gasteiger partial charge < -0.3 is 30.3 Å². The van der Waals surface area contributed by atoms with Crippen molar-refractivity contribution in [2.24, 2.45) is 5.92 Å². The number of nitrogens with one attached hydrogen (secondary N) is 2. The second kappa shape index (κ2) is 13.9. The zero-order valence-corrected chi connectivity index (χ0v) is 25.4. The lowest BCUT2D eigenvalue weighted by Gasteiger charge is -2.30. The monoisotopic (exact) mass is 649 g/mol. The van der Waals surface area contributed by atoms with Crippen molar-refractivity contribution < 1.29 is 24.6 Å². The highest BCUT2D eigenvalue weighted by molar-refractivity contribution is 6.32. The Morgan fingerprint density at radius 3 is 2.31 bits per heavy atom. The van der Waals surface area contributed by atoms with Crippen molar-refractivity contribution in [2.45, 2.75) is 19.4 Å². The van der Waals surface area contributed by atoms with Gasteiger partial charge >= 0.3 is 5.97 Å². The van der Waals surface area contributed by atoms with Crippen molar-refractivity contribution in [1.29, 1.82) is 0 Å². The Hall–Kier alpha value is -4.71. The van der Waals surface area contributed by atoms with Crippen LogP contribution in [0.5, 0.6) is 5.75 Å². The molecular formula is C32H29Cl2N5O6. The first-order valence-corrected chi connectivity index (χ1v) is 14.9. The summed E-state index contributed by atoms with van der Waals surface area (Å²) in [6, 6.07) is 15.4. The van der Waals surface area contributed by atoms with Crippen LogP contribution in [0.4, 0.5) is 11.5 Å². The average Bonchev–Trinajstić information content (AvgIpc) is 3.03. The van der Waals surface area contributed by atoms with Crippen LogP contribution >= 0.6 is 23.2 Å². The molecule has 3 heterocycles. The van der Waals surface area contributed by atoms with E-state index in [2.05, 4.69) is 20.5 Å². The molecule has 0 atom stereocenters. The molecule has 0 bridgehead atoms. The molecule has 0 radical (unpaired) electrons. The minimum atomic E-state index is -0.759. The van der Waals surface area contributed by atoms with Crippen molar-refractivity contribution in [3.63, 3.8) is 0 Å². The van der Waals surface area contributed by atoms with E-state index in [0.717, 1.165) is 0 Å². The molecular weight excluding hydrogens is 621 g/mol. The van der Waals surface area contributed by atoms with Gasteiger partial charge in [-0.15, -0.1) is 0 Å². The third-order valence-electron chi connectivity index (χ3n) is 7.61. The van der Waals surface area contributed by atoms with Gasteiger partial charge in [0.05, 0.1) is 22.2 Å². The fourth-order valence-corrected chi connectivity index (χ4v) is 5.43. The van der Waals surface area contributed by atoms with Gasteiger partial charge in [0.1, 0.15) is 11.6 Å². The van der Waals surface area contributed by atoms with E-state index in [9.17, 15) is 29.4 Å². The molecule has 232 valence electrons. The molecule has 1 saturated heterocycles. The van der Waals surface area contributed by atoms with Crippen LogP contribution in [0, 0.1) is 5.92 Å². The fraction of sp³-hybridized carbons (Fsp3) is 0.219. The van der Waals surface area contributed by atoms with E-state index in [1.807, 2.05) is 0 Å². The zero-order chi connectivity index (χ0) is 32.1. The van der Waals surface area contributed by atoms with Gasteiger partial charge in [0.2, 0.25) is 0 Å². The summed E-state index contributed by atoms with van der Waals surface area (Å²) in [6.45, 7) is 2.44. The molecule has 1 aliphatic rings. The van der Waals surface area contributed by atoms with Crippen LogP contribution in [-0.4, -0.2) is 62.1 Å². The molecule has 4 aromatic rings. The Kier molecular flexibility index (Phi) is 9.82. The summed E-state index contributed by atoms with van der Waals surface area (Å²) in [5.41, 5.74) is 0.875. The number of carboxylic acids is 1. The van der Waals surface area contributed by atoms with E-state index in [0.29, 0.717) is 55.2 Å². The molecule has 13 heteroatoms. The van der Waals surface area contributed by atoms with Gasteiger partial charge in [-0.3, -0.25) is 19.2 Å². The van der Waals surface area contributed by atoms with Crippen molar-refractivity contribution in [1.82, 2.24) is 14.5 Å². The maximum Gasteiger partial charge on any atom is 0.306 e. The van der Waals surface area contributed by atoms with E-state index < -0.39 is 23.5 Å². The number of rotatable bonds is 9. The standard InChI is InChI=1S/C32H29Cl2N5O6/c33-22-7-8-27(35-18-22)36-30(42)25-16-23(34)17-26(40)28(25)37-29(41)20-5-3-19(4-6-20)24-2-1-11-39(31(24)43)15-14-38-12-9-21(10-13-38)32(44)45/h1-8,11,16-18,21,40H,9-10,12-15H2,(H,37,41)(H,44,45)(H,35,36,42). The molecule has 1 aliphatic heterocycles. The van der Waals surface area contributed by atoms with Crippen molar-refractivity contribution in [2.75, 3.05) is 30.3 Å². The molecule has 2 aromatic carbocycles. The number of amides is 2. The Balaban J connectivity index is 1.27. The first-order valence-electron chi connectivity index (χ1n) is 14.1. The predicted octanol–water partition coefficient (Wildman–Crippen LogP) is 5.22. The minimum absolute atomic E-state index is 0.0836. The van der Waals surface area contributed by atoms with E-state index in [-0.39, 0.29) is 39.1 Å². The molecule has 1 fully saturated rings. The molecule has 2 amide bonds. The highest BCUT2D eigenvalue weighted by atomic mass is 35.5. The lowest BCUT2D eigenvalue weighted by atomic mass is 9.97. The summed E-state index contributed by atoms with van der Waals surface area (Å²) in [4.78, 5) is 56.8. The van der Waals surface area contributed by atoms with Crippen molar-refractivity contribution >= 4 is 52.5 Å². The smallest absolute Gasteiger partial charge is 0.306 e. The first-order chi connectivity index (χ1) is 21.6. The van der Waals surface area contributed by atoms with E-state index in [4.69, 9.17) is 23.2 Å². The molecule has 0 unspecified atom stereocenters. The highest BCUT2D eigenvalue weighted by Gasteiger charge is 2.24. The maximum absolute atomic E-state index is 13.3. The lowest BCUT2D eigenvalue weighted by molar-refractivity contribution is -0.143. The number of likely N-dealkylation sites (tertiary alicyclic amines) is 1. The average molecular weight is 651 g/mol. The number of aliphatic carboxylic acids is 1. The second-order valence-corrected chi connectivity index (χ2v) is 11.4. The van der Waals surface area contributed by atoms with Gasteiger partial charge in [-0.05, 0) is 74.0 Å². The third-order valence-corrected chi connectivity index (χ3v) is 8.05. The van der Waals surface area contributed by atoms with Crippen LogP contribution < -0.4 is 16.2 Å². The Morgan fingerprint density at radius 2 is 1.64 bits per heavy atom. The number of pyridine rings is 2. The van der Waals surface area contributed by atoms with Gasteiger partial charge in [0, 0.05) is 47.7 Å². The number of anilines is 2. The van der Waals surface area contributed by atoms with Gasteiger partial charge in [-0.1, -0.05) is 35.3 Å². The Labute approximate surface area is 268 Å². The number of nitrogens with zero attached hydrogens (tertiary/aromatic N) is 3. The SMILES string of the molecule is O=C(Nc1c(O)cc(Cl)cc1C(=O)Nc1ccc(Cl)cn1)c1ccc(-c2cccn(CCN3CCC(C(=O)O)CC3)c2=O)cc1. The molecule has 5 rings (SSSR count). The first kappa shape index (κ1) is 31.7. The van der Waals surface area contributed by atoms with Crippen molar-refractivity contribution in [3.05, 3.63) is 105 Å². The summed E-state index contributed by atoms with van der Waals surface area (Å²) >= 11 is 11.9. The second-order valence-electron chi connectivity index (χ2n) is 10.6. The molecule has 0 saturated carbocycles. The number of benzene rings is 2. The largest absolute Gasteiger partial charge is 0.506 e. The van der Waals surface area contributed by atoms with Crippen molar-refractivity contribution in [3.8, 4) is 16.9 Å². The number of carbonyl (C=O) groups is 3. The number of piperidine rings is 1. The van der Waals surface area contributed by atoms with Crippen LogP contribution in [0.15, 0.2) is 77.9 Å². The van der Waals surface area contributed by atoms with Gasteiger partial charge in [-0.25, -0.2) is 4.98 Å². The molecule has 0 aliphatic carbocycles. The van der Waals surface area contributed by atoms with E-state index in [1.165, 1.54) is 24.4 Å². The van der Waals surface area contributed by atoms with E-state index in [1.54, 1.807) is 53.2 Å². The fourth-order valence-electron chi connectivity index (χ4n) is 5.11. The number of phenolic OH excluding ortho intramolecular Hbond substituents is 1. The van der Waals surface area contributed by atoms with Gasteiger partial charge in [-0.2, -0.15) is 0 Å². The van der Waals surface area contributed by atoms with Crippen LogP contribution in [0.1, 0.15) is 33.6 Å². The summed E-state index contributed by atoms with van der Waals surface area (Å²) in [7, 11) is 0. The number of halogens is 2. The Bertz CT molecular complexity index is 1790. The van der Waals surface area contributed by atoms with Crippen LogP contribution in [0.3, 0.4) is 0 Å². The highest BCUT2D eigenvalue weighted by Crippen LogP contribution is 2.33. The zero-order valence-electron chi connectivity index (χ0n) is 23.9. The summed E-state index contributed by atoms with van der Waals surface area (Å²) in [5.74, 6) is -2.54. The molecule has 2 aromatic heterocycles. The number of carboxylic acid groups (broad SMARTS) is 1. The van der Waals surface area contributed by atoms with Crippen LogP contribution in [0.2, 0.25) is 10.0 Å². The van der Waals surface area contributed by atoms with Crippen LogP contribution in [0.25, 0.3) is 11.1 Å². The molecule has 4 N–H and O–H groups in total. The van der Waals surface area contributed by atoms with Gasteiger partial charge in [0.15, 0.2) is 0 Å². The maximum atomic E-state index is 13.3. The minimum Gasteiger partial charge on any atom is -0.506 e. The summed E-state index contributed by atoms with van der Waals surface area (Å²) < 4.78 is 1.62. The lowest BCUT2D eigenvalue weighted by Crippen LogP contribution is -2.39. The molecule has 45 heavy (non-hydrogen) atoms. The number of phenols is 1. The van der Waals surface area contributed by atoms with E-state index >= 15 is 0 Å². The number of hydrogen-bond donors (Lipinski definition) is 4. The molecule has 11 nitrogen and oxygen atoms in total. The number of aromatic hydroxyl groups is 1. The van der Waals surface area contributed by atoms with Crippen LogP contribution in [-0.2, 0) is 11.3 Å². The topological polar surface area (TPSA) is 154 Å². The normalized spacial score (nSPS) is 13.7. The number of aromatic nitrogens is 2. The number of carbonyl (C=O) groups excluding carboxylic acids is 2. The summed E-state index contributed by atoms with van der Waals surface area (Å²) in [5, 5.41) is 25.4. The summed E-state index contributed by atoms with van der Waals surface area (Å²) in [6.07, 6.45) is 4.26. The quantitative estimate of drug-likeness (QED) is 0.180.